The quantitative estimate of drug-likeness (QED) is 0.878. The molecule has 90 valence electrons. The van der Waals surface area contributed by atoms with Crippen LogP contribution in [-0.2, 0) is 9.84 Å². The number of rotatable bonds is 4. The standard InChI is InChI=1S/C12H19NO2S/c1-9(2)7-12(13)10-5-4-6-11(8-10)16(3,14)15/h4-6,8-9,12H,7,13H2,1-3H3. The van der Waals surface area contributed by atoms with Crippen LogP contribution in [0, 0.1) is 5.92 Å². The normalized spacial score (nSPS) is 14.1. The van der Waals surface area contributed by atoms with E-state index in [1.165, 1.54) is 6.26 Å². The van der Waals surface area contributed by atoms with E-state index in [9.17, 15) is 8.42 Å². The highest BCUT2D eigenvalue weighted by Crippen LogP contribution is 2.21. The zero-order valence-electron chi connectivity index (χ0n) is 9.97. The van der Waals surface area contributed by atoms with E-state index in [1.54, 1.807) is 18.2 Å². The summed E-state index contributed by atoms with van der Waals surface area (Å²) in [5, 5.41) is 0. The highest BCUT2D eigenvalue weighted by molar-refractivity contribution is 7.90. The third-order valence-corrected chi connectivity index (χ3v) is 3.55. The van der Waals surface area contributed by atoms with Gasteiger partial charge in [-0.2, -0.15) is 0 Å². The summed E-state index contributed by atoms with van der Waals surface area (Å²) in [6, 6.07) is 6.79. The van der Waals surface area contributed by atoms with E-state index in [4.69, 9.17) is 5.73 Å². The fourth-order valence-corrected chi connectivity index (χ4v) is 2.30. The summed E-state index contributed by atoms with van der Waals surface area (Å²) in [4.78, 5) is 0.337. The Morgan fingerprint density at radius 1 is 1.31 bits per heavy atom. The number of benzene rings is 1. The Morgan fingerprint density at radius 3 is 2.44 bits per heavy atom. The molecule has 0 amide bonds. The summed E-state index contributed by atoms with van der Waals surface area (Å²) in [5.41, 5.74) is 6.90. The number of hydrogen-bond acceptors (Lipinski definition) is 3. The predicted octanol–water partition coefficient (Wildman–Crippen LogP) is 2.14. The van der Waals surface area contributed by atoms with Crippen molar-refractivity contribution in [2.45, 2.75) is 31.2 Å². The van der Waals surface area contributed by atoms with Gasteiger partial charge in [-0.3, -0.25) is 0 Å². The molecule has 1 aromatic carbocycles. The lowest BCUT2D eigenvalue weighted by atomic mass is 9.98. The Balaban J connectivity index is 2.99. The maximum absolute atomic E-state index is 11.4. The van der Waals surface area contributed by atoms with Crippen molar-refractivity contribution in [2.75, 3.05) is 6.26 Å². The third kappa shape index (κ3) is 3.61. The average molecular weight is 241 g/mol. The zero-order valence-corrected chi connectivity index (χ0v) is 10.8. The van der Waals surface area contributed by atoms with Crippen molar-refractivity contribution in [1.82, 2.24) is 0 Å². The largest absolute Gasteiger partial charge is 0.324 e. The molecule has 0 spiro atoms. The number of sulfone groups is 1. The Bertz CT molecular complexity index is 452. The van der Waals surface area contributed by atoms with Crippen LogP contribution in [0.3, 0.4) is 0 Å². The molecule has 0 heterocycles. The summed E-state index contributed by atoms with van der Waals surface area (Å²) in [6.45, 7) is 4.19. The highest BCUT2D eigenvalue weighted by Gasteiger charge is 2.12. The molecule has 0 saturated carbocycles. The maximum atomic E-state index is 11.4. The van der Waals surface area contributed by atoms with E-state index in [2.05, 4.69) is 13.8 Å². The minimum atomic E-state index is -3.14. The second kappa shape index (κ2) is 4.97. The molecule has 0 bridgehead atoms. The topological polar surface area (TPSA) is 60.2 Å². The summed E-state index contributed by atoms with van der Waals surface area (Å²) in [7, 11) is -3.14. The predicted molar refractivity (Wildman–Crippen MR) is 65.9 cm³/mol. The van der Waals surface area contributed by atoms with Gasteiger partial charge >= 0.3 is 0 Å². The molecule has 3 nitrogen and oxygen atoms in total. The van der Waals surface area contributed by atoms with Crippen LogP contribution in [0.25, 0.3) is 0 Å². The first-order valence-corrected chi connectivity index (χ1v) is 7.25. The fourth-order valence-electron chi connectivity index (χ4n) is 1.62. The molecule has 1 rings (SSSR count). The third-order valence-electron chi connectivity index (χ3n) is 2.44. The summed E-state index contributed by atoms with van der Waals surface area (Å²) in [6.07, 6.45) is 2.06. The molecule has 0 aliphatic heterocycles. The molecular formula is C12H19NO2S. The molecule has 0 aliphatic rings. The monoisotopic (exact) mass is 241 g/mol. The first kappa shape index (κ1) is 13.2. The van der Waals surface area contributed by atoms with Crippen LogP contribution >= 0.6 is 0 Å². The minimum absolute atomic E-state index is 0.0956. The Morgan fingerprint density at radius 2 is 1.94 bits per heavy atom. The lowest BCUT2D eigenvalue weighted by molar-refractivity contribution is 0.509. The van der Waals surface area contributed by atoms with E-state index in [1.807, 2.05) is 6.07 Å². The molecule has 4 heteroatoms. The van der Waals surface area contributed by atoms with Crippen molar-refractivity contribution in [2.24, 2.45) is 11.7 Å². The lowest BCUT2D eigenvalue weighted by Gasteiger charge is -2.15. The van der Waals surface area contributed by atoms with Gasteiger partial charge in [0.2, 0.25) is 0 Å². The van der Waals surface area contributed by atoms with E-state index < -0.39 is 9.84 Å². The van der Waals surface area contributed by atoms with Crippen LogP contribution in [-0.4, -0.2) is 14.7 Å². The van der Waals surface area contributed by atoms with Crippen molar-refractivity contribution in [3.63, 3.8) is 0 Å². The van der Waals surface area contributed by atoms with Crippen molar-refractivity contribution in [3.05, 3.63) is 29.8 Å². The van der Waals surface area contributed by atoms with Gasteiger partial charge < -0.3 is 5.73 Å². The van der Waals surface area contributed by atoms with Crippen LogP contribution in [0.4, 0.5) is 0 Å². The van der Waals surface area contributed by atoms with E-state index >= 15 is 0 Å². The summed E-state index contributed by atoms with van der Waals surface area (Å²) >= 11 is 0. The molecular weight excluding hydrogens is 222 g/mol. The van der Waals surface area contributed by atoms with Crippen molar-refractivity contribution in [1.29, 1.82) is 0 Å². The van der Waals surface area contributed by atoms with Gasteiger partial charge in [0, 0.05) is 12.3 Å². The molecule has 1 aromatic rings. The molecule has 0 fully saturated rings. The van der Waals surface area contributed by atoms with Crippen LogP contribution in [0.15, 0.2) is 29.2 Å². The van der Waals surface area contributed by atoms with Crippen LogP contribution < -0.4 is 5.73 Å². The SMILES string of the molecule is CC(C)CC(N)c1cccc(S(C)(=O)=O)c1. The lowest BCUT2D eigenvalue weighted by Crippen LogP contribution is -2.13. The fraction of sp³-hybridized carbons (Fsp3) is 0.500. The smallest absolute Gasteiger partial charge is 0.175 e. The molecule has 16 heavy (non-hydrogen) atoms. The van der Waals surface area contributed by atoms with Crippen LogP contribution in [0.5, 0.6) is 0 Å². The first-order chi connectivity index (χ1) is 7.30. The summed E-state index contributed by atoms with van der Waals surface area (Å²) in [5.74, 6) is 0.497. The molecule has 0 aromatic heterocycles. The van der Waals surface area contributed by atoms with Gasteiger partial charge in [0.1, 0.15) is 0 Å². The Labute approximate surface area is 97.6 Å². The van der Waals surface area contributed by atoms with Crippen LogP contribution in [0.2, 0.25) is 0 Å². The highest BCUT2D eigenvalue weighted by atomic mass is 32.2. The molecule has 1 unspecified atom stereocenters. The summed E-state index contributed by atoms with van der Waals surface area (Å²) < 4.78 is 22.8. The maximum Gasteiger partial charge on any atom is 0.175 e. The molecule has 0 radical (unpaired) electrons. The van der Waals surface area contributed by atoms with Crippen LogP contribution in [0.1, 0.15) is 31.9 Å². The minimum Gasteiger partial charge on any atom is -0.324 e. The van der Waals surface area contributed by atoms with Gasteiger partial charge in [0.05, 0.1) is 4.90 Å². The second-order valence-electron chi connectivity index (χ2n) is 4.58. The zero-order chi connectivity index (χ0) is 12.3. The van der Waals surface area contributed by atoms with Crippen molar-refractivity contribution >= 4 is 9.84 Å². The van der Waals surface area contributed by atoms with Gasteiger partial charge in [-0.1, -0.05) is 26.0 Å². The number of nitrogens with two attached hydrogens (primary N) is 1. The van der Waals surface area contributed by atoms with Gasteiger partial charge in [-0.05, 0) is 30.0 Å². The number of hydrogen-bond donors (Lipinski definition) is 1. The molecule has 2 N–H and O–H groups in total. The van der Waals surface area contributed by atoms with E-state index in [0.717, 1.165) is 12.0 Å². The Kier molecular flexibility index (Phi) is 4.10. The second-order valence-corrected chi connectivity index (χ2v) is 6.60. The first-order valence-electron chi connectivity index (χ1n) is 5.36. The van der Waals surface area contributed by atoms with Crippen molar-refractivity contribution in [3.8, 4) is 0 Å². The van der Waals surface area contributed by atoms with Gasteiger partial charge in [-0.25, -0.2) is 8.42 Å². The molecule has 0 saturated heterocycles. The molecule has 0 aliphatic carbocycles. The van der Waals surface area contributed by atoms with Gasteiger partial charge in [-0.15, -0.1) is 0 Å². The Hall–Kier alpha value is -0.870. The van der Waals surface area contributed by atoms with E-state index in [0.29, 0.717) is 10.8 Å². The van der Waals surface area contributed by atoms with Gasteiger partial charge in [0.25, 0.3) is 0 Å². The van der Waals surface area contributed by atoms with Crippen molar-refractivity contribution < 1.29 is 8.42 Å². The molecule has 1 atom stereocenters. The average Bonchev–Trinajstić information content (AvgIpc) is 2.15. The van der Waals surface area contributed by atoms with E-state index in [-0.39, 0.29) is 6.04 Å². The van der Waals surface area contributed by atoms with Gasteiger partial charge in [0.15, 0.2) is 9.84 Å².